The molecule has 0 aromatic rings. The third kappa shape index (κ3) is 9.90. The molecule has 0 aromatic heterocycles. The van der Waals surface area contributed by atoms with Crippen molar-refractivity contribution in [2.75, 3.05) is 6.61 Å². The molecule has 1 aliphatic rings. The van der Waals surface area contributed by atoms with Gasteiger partial charge in [-0.25, -0.2) is 0 Å². The fourth-order valence-corrected chi connectivity index (χ4v) is 11.4. The van der Waals surface area contributed by atoms with E-state index in [0.717, 1.165) is 29.3 Å². The predicted molar refractivity (Wildman–Crippen MR) is 144 cm³/mol. The van der Waals surface area contributed by atoms with Gasteiger partial charge in [-0.15, -0.1) is 0 Å². The molecule has 1 unspecified atom stereocenters. The minimum atomic E-state index is -2.03. The van der Waals surface area contributed by atoms with Gasteiger partial charge in [0.25, 0.3) is 0 Å². The van der Waals surface area contributed by atoms with Crippen LogP contribution in [0.3, 0.4) is 0 Å². The Morgan fingerprint density at radius 3 is 2.06 bits per heavy atom. The zero-order chi connectivity index (χ0) is 23.4. The molecule has 0 amide bonds. The minimum Gasteiger partial charge on any atom is -0.410 e. The topological polar surface area (TPSA) is 27.7 Å². The zero-order valence-electron chi connectivity index (χ0n) is 21.1. The molecule has 1 rings (SSSR count). The average Bonchev–Trinajstić information content (AvgIpc) is 2.69. The minimum absolute atomic E-state index is 0.0520. The van der Waals surface area contributed by atoms with E-state index in [9.17, 15) is 0 Å². The Labute approximate surface area is 210 Å². The summed E-state index contributed by atoms with van der Waals surface area (Å²) < 4.78 is 20.7. The first-order valence-corrected chi connectivity index (χ1v) is 16.3. The van der Waals surface area contributed by atoms with Gasteiger partial charge in [-0.05, 0) is 80.2 Å². The van der Waals surface area contributed by atoms with Crippen LogP contribution in [0.4, 0.5) is 0 Å². The molecule has 3 nitrogen and oxygen atoms in total. The van der Waals surface area contributed by atoms with Crippen LogP contribution >= 0.6 is 31.9 Å². The van der Waals surface area contributed by atoms with Crippen molar-refractivity contribution in [2.45, 2.75) is 141 Å². The van der Waals surface area contributed by atoms with Crippen molar-refractivity contribution in [3.8, 4) is 0 Å². The molecule has 0 aromatic carbocycles. The highest BCUT2D eigenvalue weighted by molar-refractivity contribution is 9.28. The van der Waals surface area contributed by atoms with Crippen LogP contribution in [0, 0.1) is 0 Å². The van der Waals surface area contributed by atoms with E-state index in [4.69, 9.17) is 13.9 Å². The van der Waals surface area contributed by atoms with E-state index in [1.807, 2.05) is 0 Å². The van der Waals surface area contributed by atoms with Gasteiger partial charge in [0.2, 0.25) is 8.32 Å². The second kappa shape index (κ2) is 15.7. The zero-order valence-corrected chi connectivity index (χ0v) is 25.3. The lowest BCUT2D eigenvalue weighted by molar-refractivity contribution is -0.194. The van der Waals surface area contributed by atoms with Gasteiger partial charge in [0.05, 0.1) is 9.50 Å². The molecule has 0 N–H and O–H groups in total. The average molecular weight is 585 g/mol. The van der Waals surface area contributed by atoms with Crippen LogP contribution in [0.25, 0.3) is 0 Å². The van der Waals surface area contributed by atoms with Gasteiger partial charge in [0.15, 0.2) is 6.29 Å². The van der Waals surface area contributed by atoms with Crippen molar-refractivity contribution in [1.29, 1.82) is 0 Å². The molecule has 0 saturated carbocycles. The summed E-state index contributed by atoms with van der Waals surface area (Å²) in [6, 6.07) is 0. The SMILES string of the molecule is CCCCCCC[C@H](O[Si](C(C)C)(C(C)C)C(C)C)[C@H](C=C(Br)Br)OC1CCCCO1. The largest absolute Gasteiger partial charge is 0.410 e. The number of ether oxygens (including phenoxy) is 2. The summed E-state index contributed by atoms with van der Waals surface area (Å²) >= 11 is 7.18. The predicted octanol–water partition coefficient (Wildman–Crippen LogP) is 9.45. The molecule has 3 atom stereocenters. The number of rotatable bonds is 15. The van der Waals surface area contributed by atoms with Crippen LogP contribution in [0.1, 0.15) is 106 Å². The lowest BCUT2D eigenvalue weighted by atomic mass is 10.0. The first kappa shape index (κ1) is 29.8. The van der Waals surface area contributed by atoms with Crippen LogP contribution < -0.4 is 0 Å². The van der Waals surface area contributed by atoms with Crippen molar-refractivity contribution in [2.24, 2.45) is 0 Å². The first-order valence-electron chi connectivity index (χ1n) is 12.6. The highest BCUT2D eigenvalue weighted by Crippen LogP contribution is 2.44. The van der Waals surface area contributed by atoms with Gasteiger partial charge in [-0.1, -0.05) is 80.6 Å². The van der Waals surface area contributed by atoms with Crippen LogP contribution in [0.5, 0.6) is 0 Å². The number of hydrogen-bond acceptors (Lipinski definition) is 3. The molecule has 0 bridgehead atoms. The van der Waals surface area contributed by atoms with Crippen molar-refractivity contribution < 1.29 is 13.9 Å². The van der Waals surface area contributed by atoms with Crippen LogP contribution in [-0.2, 0) is 13.9 Å². The van der Waals surface area contributed by atoms with Crippen molar-refractivity contribution in [1.82, 2.24) is 0 Å². The summed E-state index contributed by atoms with van der Waals surface area (Å²) in [5.74, 6) is 0. The lowest BCUT2D eigenvalue weighted by Crippen LogP contribution is -2.53. The van der Waals surface area contributed by atoms with Gasteiger partial charge in [-0.3, -0.25) is 0 Å². The number of halogens is 2. The van der Waals surface area contributed by atoms with Crippen molar-refractivity contribution in [3.63, 3.8) is 0 Å². The first-order chi connectivity index (χ1) is 14.6. The van der Waals surface area contributed by atoms with Crippen molar-refractivity contribution in [3.05, 3.63) is 9.47 Å². The highest BCUT2D eigenvalue weighted by Gasteiger charge is 2.47. The third-order valence-electron chi connectivity index (χ3n) is 6.76. The van der Waals surface area contributed by atoms with Gasteiger partial charge < -0.3 is 13.9 Å². The van der Waals surface area contributed by atoms with E-state index in [0.29, 0.717) is 16.6 Å². The molecule has 0 aliphatic carbocycles. The fraction of sp³-hybridized carbons (Fsp3) is 0.920. The van der Waals surface area contributed by atoms with Crippen molar-refractivity contribution >= 4 is 40.2 Å². The fourth-order valence-electron chi connectivity index (χ4n) is 5.26. The molecular formula is C25H48Br2O3Si. The Bertz CT molecular complexity index is 479. The summed E-state index contributed by atoms with van der Waals surface area (Å²) in [4.78, 5) is 0. The van der Waals surface area contributed by atoms with E-state index >= 15 is 0 Å². The standard InChI is InChI=1S/C25H48Br2O3Si/c1-8-9-10-11-12-15-22(30-31(19(2)3,20(4)5)21(6)7)23(18-24(26)27)29-25-16-13-14-17-28-25/h18-23,25H,8-17H2,1-7H3/t22-,23-,25?/m0/s1. The second-order valence-corrected chi connectivity index (χ2v) is 18.2. The van der Waals surface area contributed by atoms with Gasteiger partial charge in [0.1, 0.15) is 6.10 Å². The Hall–Kier alpha value is 0.797. The van der Waals surface area contributed by atoms with E-state index in [1.165, 1.54) is 38.5 Å². The lowest BCUT2D eigenvalue weighted by Gasteiger charge is -2.46. The molecule has 0 radical (unpaired) electrons. The summed E-state index contributed by atoms with van der Waals surface area (Å²) in [6.07, 6.45) is 12.6. The van der Waals surface area contributed by atoms with Crippen LogP contribution in [0.2, 0.25) is 16.6 Å². The Balaban J connectivity index is 3.15. The number of unbranched alkanes of at least 4 members (excludes halogenated alkanes) is 4. The molecule has 1 aliphatic heterocycles. The van der Waals surface area contributed by atoms with Gasteiger partial charge >= 0.3 is 0 Å². The molecular weight excluding hydrogens is 536 g/mol. The Morgan fingerprint density at radius 1 is 0.968 bits per heavy atom. The smallest absolute Gasteiger partial charge is 0.200 e. The normalized spacial score (nSPS) is 19.8. The monoisotopic (exact) mass is 582 g/mol. The van der Waals surface area contributed by atoms with E-state index in [2.05, 4.69) is 86.4 Å². The molecule has 1 saturated heterocycles. The number of hydrogen-bond donors (Lipinski definition) is 0. The van der Waals surface area contributed by atoms with E-state index in [1.54, 1.807) is 0 Å². The summed E-state index contributed by atoms with van der Waals surface area (Å²) in [5.41, 5.74) is 1.66. The maximum absolute atomic E-state index is 7.31. The summed E-state index contributed by atoms with van der Waals surface area (Å²) in [5, 5.41) is 0. The molecule has 184 valence electrons. The van der Waals surface area contributed by atoms with E-state index < -0.39 is 8.32 Å². The molecule has 1 heterocycles. The van der Waals surface area contributed by atoms with Crippen LogP contribution in [0.15, 0.2) is 9.47 Å². The maximum Gasteiger partial charge on any atom is 0.200 e. The maximum atomic E-state index is 7.31. The highest BCUT2D eigenvalue weighted by atomic mass is 79.9. The second-order valence-electron chi connectivity index (χ2n) is 10.0. The van der Waals surface area contributed by atoms with Gasteiger partial charge in [0, 0.05) is 6.61 Å². The molecule has 31 heavy (non-hydrogen) atoms. The Kier molecular flexibility index (Phi) is 15.1. The van der Waals surface area contributed by atoms with E-state index in [-0.39, 0.29) is 18.5 Å². The quantitative estimate of drug-likeness (QED) is 0.142. The van der Waals surface area contributed by atoms with Crippen LogP contribution in [-0.4, -0.2) is 33.4 Å². The Morgan fingerprint density at radius 2 is 1.58 bits per heavy atom. The molecule has 0 spiro atoms. The molecule has 6 heteroatoms. The summed E-state index contributed by atoms with van der Waals surface area (Å²) in [6.45, 7) is 17.2. The summed E-state index contributed by atoms with van der Waals surface area (Å²) in [7, 11) is -2.03. The third-order valence-corrected chi connectivity index (χ3v) is 13.4. The molecule has 1 fully saturated rings. The van der Waals surface area contributed by atoms with Gasteiger partial charge in [-0.2, -0.15) is 0 Å².